The van der Waals surface area contributed by atoms with Crippen LogP contribution in [-0.4, -0.2) is 575 Å². The second kappa shape index (κ2) is 52.8. The Balaban J connectivity index is 0.907. The van der Waals surface area contributed by atoms with Crippen molar-refractivity contribution in [2.75, 3.05) is 73.1 Å². The van der Waals surface area contributed by atoms with Crippen LogP contribution < -0.4 is 26.6 Å². The van der Waals surface area contributed by atoms with Crippen molar-refractivity contribution in [3.63, 3.8) is 0 Å². The van der Waals surface area contributed by atoms with E-state index in [0.717, 1.165) is 27.7 Å². The third-order valence-electron chi connectivity index (χ3n) is 28.8. The second-order valence-corrected chi connectivity index (χ2v) is 39.5. The van der Waals surface area contributed by atoms with Gasteiger partial charge in [0.15, 0.2) is 62.7 Å². The monoisotopic (exact) mass is 2130 g/mol. The Bertz CT molecular complexity index is 4050. The predicted molar refractivity (Wildman–Crippen MR) is 468 cm³/mol. The van der Waals surface area contributed by atoms with Crippen molar-refractivity contribution in [1.82, 2.24) is 26.6 Å². The normalized spacial score (nSPS) is 47.5. The van der Waals surface area contributed by atoms with E-state index in [2.05, 4.69) is 31.8 Å². The van der Waals surface area contributed by atoms with Crippen molar-refractivity contribution in [3.05, 3.63) is 4.91 Å². The first kappa shape index (κ1) is 122. The molecule has 0 aromatic heterocycles. The summed E-state index contributed by atoms with van der Waals surface area (Å²) in [6, 6.07) is -9.22. The van der Waals surface area contributed by atoms with E-state index in [9.17, 15) is 177 Å². The van der Waals surface area contributed by atoms with Gasteiger partial charge in [-0.1, -0.05) is 32.9 Å². The summed E-state index contributed by atoms with van der Waals surface area (Å²) in [7, 11) is 1.19. The number of nitrogens with zero attached hydrogens (tertiary/aromatic N) is 1. The Kier molecular flexibility index (Phi) is 44.0. The molecule has 60 nitrogen and oxygen atoms in total. The zero-order chi connectivity index (χ0) is 108. The number of aliphatic hydroxyl groups excluding tert-OH is 30. The number of amides is 4. The molecule has 9 aliphatic heterocycles. The number of carbonyl (C=O) groups is 4. The first-order chi connectivity index (χ1) is 68.9. The van der Waals surface area contributed by atoms with Gasteiger partial charge in [0, 0.05) is 58.4 Å². The highest BCUT2D eigenvalue weighted by atomic mass is 16.8. The Hall–Kier alpha value is -4.52. The van der Waals surface area contributed by atoms with Crippen molar-refractivity contribution >= 4 is 23.6 Å². The van der Waals surface area contributed by atoms with Crippen LogP contribution in [0.15, 0.2) is 5.18 Å². The van der Waals surface area contributed by atoms with Gasteiger partial charge in [0.2, 0.25) is 17.7 Å². The molecule has 0 aromatic rings. The molecule has 4 amide bonds. The van der Waals surface area contributed by atoms with Gasteiger partial charge < -0.3 is 264 Å². The maximum atomic E-state index is 13.8. The van der Waals surface area contributed by atoms with E-state index >= 15 is 0 Å². The van der Waals surface area contributed by atoms with Gasteiger partial charge in [0.05, 0.1) is 157 Å². The molecule has 60 heteroatoms. The van der Waals surface area contributed by atoms with Crippen LogP contribution in [0.3, 0.4) is 0 Å². The maximum Gasteiger partial charge on any atom is 0.280 e. The third-order valence-corrected chi connectivity index (χ3v) is 28.8. The first-order valence-electron chi connectivity index (χ1n) is 48.3. The van der Waals surface area contributed by atoms with E-state index in [4.69, 9.17) is 90.0 Å². The van der Waals surface area contributed by atoms with Crippen molar-refractivity contribution in [2.45, 2.75) is 400 Å². The Morgan fingerprint density at radius 2 is 0.842 bits per heavy atom. The first-order valence-corrected chi connectivity index (χ1v) is 48.3. The lowest BCUT2D eigenvalue weighted by Crippen LogP contribution is -2.70. The largest absolute Gasteiger partial charge is 0.396 e. The zero-order valence-electron chi connectivity index (χ0n) is 81.2. The molecular weight excluding hydrogens is 1980 g/mol. The third kappa shape index (κ3) is 26.5. The standard InChI is InChI=1S/C86H148N6O54/c1-23(2)42-33(105)12-86(85(126)87-10,146-34(42)11-30(104)13-93)130-22-40-56(112)64(120)67(123)83(138-40)143-72-39(19-99)137-80(49(61(72)117)91-29(9)103)145-75-65(121)55(111)36(16-96)134-84(75)144-74-43(77(125)139-70-37(17-97)135-79(47(59(70)115)89-27(7)101)141-73-41(21-129-81-66(122)63(119)50(106)25(5)131-81)132-68(24(3)4)46(58(73)114)88-26(6)100)51(107)32(53(74)109)20-128-76(124)44-57(113)52(108)31(14-94)69(44)140-78-48(90-28(8)102)60(116)71(38(18-98)136-78)142-82-62(118)45(92-127)54(110)35(15-95)133-82/h23-25,29-84,91,93-99,103-125H,11-22H2,1-10H3,(H,87,126)(H,88,100)(H,89,101)(H,90,102)/t25?,29?,30-,31?,32?,33?,34?,35?,36?,37?,38?,39?,40+,41?,42+,43?,44?,45?,46?,47?,48?,49?,50+,51?,52+,53+,54-,55+,56-,57?,58?,59?,60?,61?,62?,63?,64?,65?,66?,67+,68-,69?,70+,71+,72+,73+,74?,75?,76+,77-,78-,79-,80-,81+,82-,83+,84+,86+/m0/s1. The highest BCUT2D eigenvalue weighted by molar-refractivity contribution is 5.83. The van der Waals surface area contributed by atoms with Crippen molar-refractivity contribution in [1.29, 1.82) is 0 Å². The molecule has 35 N–H and O–H groups in total. The molecule has 9 heterocycles. The summed E-state index contributed by atoms with van der Waals surface area (Å²) in [5.74, 6) is -16.1. The van der Waals surface area contributed by atoms with Crippen LogP contribution in [0, 0.1) is 46.3 Å². The average molecular weight is 2130 g/mol. The summed E-state index contributed by atoms with van der Waals surface area (Å²) in [6.07, 6.45) is -96.2. The van der Waals surface area contributed by atoms with Crippen LogP contribution in [0.4, 0.5) is 0 Å². The predicted octanol–water partition coefficient (Wildman–Crippen LogP) is -19.6. The van der Waals surface area contributed by atoms with Crippen molar-refractivity contribution < 1.29 is 262 Å². The van der Waals surface area contributed by atoms with Crippen molar-refractivity contribution in [2.24, 2.45) is 46.6 Å². The molecule has 11 aliphatic rings. The molecule has 0 bridgehead atoms. The van der Waals surface area contributed by atoms with E-state index < -0.39 is 456 Å². The van der Waals surface area contributed by atoms with E-state index in [1.165, 1.54) is 14.0 Å². The fraction of sp³-hybridized carbons (Fsp3) is 0.953. The maximum absolute atomic E-state index is 13.8. The number of rotatable bonds is 43. The molecule has 0 radical (unpaired) electrons. The number of hydrogen-bond donors (Lipinski definition) is 35. The van der Waals surface area contributed by atoms with Gasteiger partial charge in [-0.05, 0) is 25.7 Å². The quantitative estimate of drug-likeness (QED) is 0.0199. The number of ether oxygens (including phenoxy) is 19. The number of hydrogen-bond acceptors (Lipinski definition) is 56. The fourth-order valence-corrected chi connectivity index (χ4v) is 21.1. The Labute approximate surface area is 834 Å². The van der Waals surface area contributed by atoms with Crippen LogP contribution in [0.1, 0.15) is 75.2 Å². The number of nitroso groups, excluding NO2 is 1. The molecule has 9 saturated heterocycles. The van der Waals surface area contributed by atoms with Gasteiger partial charge in [-0.2, -0.15) is 4.91 Å². The molecule has 58 atom stereocenters. The molecular formula is C86H148N6O54. The van der Waals surface area contributed by atoms with Crippen LogP contribution in [-0.2, 0) is 109 Å². The molecule has 2 aliphatic carbocycles. The van der Waals surface area contributed by atoms with Crippen LogP contribution in [0.5, 0.6) is 0 Å². The summed E-state index contributed by atoms with van der Waals surface area (Å²) < 4.78 is 116. The van der Waals surface area contributed by atoms with Crippen molar-refractivity contribution in [3.8, 4) is 0 Å². The molecule has 11 rings (SSSR count). The topological polar surface area (TPSA) is 940 Å². The minimum absolute atomic E-state index is 0.327. The fourth-order valence-electron chi connectivity index (χ4n) is 21.1. The lowest BCUT2D eigenvalue weighted by Gasteiger charge is -2.50. The summed E-state index contributed by atoms with van der Waals surface area (Å²) in [4.78, 5) is 64.9. The van der Waals surface area contributed by atoms with Crippen LogP contribution in [0.2, 0.25) is 0 Å². The van der Waals surface area contributed by atoms with E-state index in [1.54, 1.807) is 27.7 Å². The lowest BCUT2D eigenvalue weighted by atomic mass is 9.78. The Morgan fingerprint density at radius 3 is 1.38 bits per heavy atom. The molecule has 846 valence electrons. The van der Waals surface area contributed by atoms with E-state index in [-0.39, 0.29) is 12.3 Å². The molecule has 11 fully saturated rings. The molecule has 0 aromatic carbocycles. The van der Waals surface area contributed by atoms with Gasteiger partial charge in [-0.3, -0.25) is 24.5 Å². The molecule has 0 spiro atoms. The van der Waals surface area contributed by atoms with Crippen LogP contribution in [0.25, 0.3) is 0 Å². The summed E-state index contributed by atoms with van der Waals surface area (Å²) >= 11 is 0. The minimum atomic E-state index is -2.85. The number of aliphatic hydroxyl groups is 30. The smallest absolute Gasteiger partial charge is 0.280 e. The number of likely N-dealkylation sites (N-methyl/N-ethyl adjacent to an activating group) is 1. The van der Waals surface area contributed by atoms with Crippen LogP contribution >= 0.6 is 0 Å². The van der Waals surface area contributed by atoms with E-state index in [1.807, 2.05) is 0 Å². The minimum Gasteiger partial charge on any atom is -0.396 e. The zero-order valence-corrected chi connectivity index (χ0v) is 81.2. The summed E-state index contributed by atoms with van der Waals surface area (Å²) in [5, 5.41) is 360. The van der Waals surface area contributed by atoms with Gasteiger partial charge >= 0.3 is 0 Å². The lowest BCUT2D eigenvalue weighted by molar-refractivity contribution is -0.382. The second-order valence-electron chi connectivity index (χ2n) is 39.5. The number of carbonyl (C=O) groups excluding carboxylic acids is 4. The summed E-state index contributed by atoms with van der Waals surface area (Å²) in [5.41, 5.74) is 0. The molecule has 2 saturated carbocycles. The average Bonchev–Trinajstić information content (AvgIpc) is 1.70. The molecule has 33 unspecified atom stereocenters. The van der Waals surface area contributed by atoms with Gasteiger partial charge in [0.1, 0.15) is 177 Å². The van der Waals surface area contributed by atoms with Gasteiger partial charge in [-0.25, -0.2) is 0 Å². The summed E-state index contributed by atoms with van der Waals surface area (Å²) in [6.45, 7) is 1.42. The molecule has 146 heavy (non-hydrogen) atoms. The highest BCUT2D eigenvalue weighted by Crippen LogP contribution is 2.48. The SMILES string of the molecule is CNC(=O)[C@@]1(OC[C@H]2O[C@H](O[C@@H]3C(CO)O[C@@H](OC4C(O)[C@H](O)C(CO)O[C@@H]4OC4C([C@@H](O)O[C@@H]5C(CO)O[C@@H](O[C@@H]6C(CO[C@@H]7OC(C)[C@@H](O)C(O)C7O)O[C@@H](C(C)C)C(NC(C)=O)C6O)C(NC(C)=O)C5O)C(O)C(CO[C@@H](O)C5C(O[C@@H]6OC(CO)[C@@H](O[C@@H]7OC(CO)[C@H](O)C(N=O)C7O)C(O)C6NC(C)=O)C(CO)[C@@H](O)C5O)[C@H]4O)C(NC(C)O)C3O)[C@H](O)C(O)[C@H]2O)CC(O)[C@@H](C(C)C)C(C[C@H](O)CO)O1. The highest BCUT2D eigenvalue weighted by Gasteiger charge is 2.65. The number of nitrogens with one attached hydrogen (secondary N) is 5. The van der Waals surface area contributed by atoms with Gasteiger partial charge in [0.25, 0.3) is 11.7 Å². The van der Waals surface area contributed by atoms with E-state index in [0.29, 0.717) is 0 Å². The van der Waals surface area contributed by atoms with Gasteiger partial charge in [-0.15, -0.1) is 0 Å². The Morgan fingerprint density at radius 1 is 0.384 bits per heavy atom.